The van der Waals surface area contributed by atoms with Crippen LogP contribution in [0.3, 0.4) is 0 Å². The smallest absolute Gasteiger partial charge is 0.122 e. The van der Waals surface area contributed by atoms with Gasteiger partial charge in [0.05, 0.1) is 0 Å². The highest BCUT2D eigenvalue weighted by molar-refractivity contribution is 5.24. The lowest BCUT2D eigenvalue weighted by molar-refractivity contribution is 0.613. The summed E-state index contributed by atoms with van der Waals surface area (Å²) < 4.78 is 12.9. The second-order valence-corrected chi connectivity index (χ2v) is 3.88. The Hall–Kier alpha value is -1.11. The van der Waals surface area contributed by atoms with Crippen molar-refractivity contribution in [1.29, 1.82) is 0 Å². The summed E-state index contributed by atoms with van der Waals surface area (Å²) in [6.07, 6.45) is 6.82. The molecule has 84 valence electrons. The van der Waals surface area contributed by atoms with Gasteiger partial charge in [-0.15, -0.1) is 0 Å². The Labute approximate surface area is 92.9 Å². The Bertz CT molecular complexity index is 282. The van der Waals surface area contributed by atoms with E-state index in [9.17, 15) is 4.39 Å². The first kappa shape index (κ1) is 13.9. The van der Waals surface area contributed by atoms with Crippen molar-refractivity contribution in [3.63, 3.8) is 0 Å². The predicted octanol–water partition coefficient (Wildman–Crippen LogP) is 4.96. The van der Waals surface area contributed by atoms with Gasteiger partial charge in [0.25, 0.3) is 0 Å². The maximum absolute atomic E-state index is 12.9. The summed E-state index contributed by atoms with van der Waals surface area (Å²) in [4.78, 5) is 0. The maximum Gasteiger partial charge on any atom is 0.122 e. The van der Waals surface area contributed by atoms with Gasteiger partial charge in [-0.3, -0.25) is 0 Å². The molecule has 0 bridgehead atoms. The van der Waals surface area contributed by atoms with Gasteiger partial charge in [0.15, 0.2) is 0 Å². The Morgan fingerprint density at radius 1 is 1.47 bits per heavy atom. The fraction of sp³-hybridized carbons (Fsp3) is 0.429. The van der Waals surface area contributed by atoms with Crippen molar-refractivity contribution < 1.29 is 4.39 Å². The first-order chi connectivity index (χ1) is 7.01. The summed E-state index contributed by atoms with van der Waals surface area (Å²) in [5.41, 5.74) is 2.19. The van der Waals surface area contributed by atoms with Crippen LogP contribution >= 0.6 is 0 Å². The highest BCUT2D eigenvalue weighted by Crippen LogP contribution is 2.20. The molecule has 0 saturated carbocycles. The van der Waals surface area contributed by atoms with Crippen LogP contribution in [0.2, 0.25) is 0 Å². The molecule has 0 amide bonds. The lowest BCUT2D eigenvalue weighted by Gasteiger charge is -2.11. The van der Waals surface area contributed by atoms with E-state index < -0.39 is 0 Å². The second-order valence-electron chi connectivity index (χ2n) is 3.88. The highest BCUT2D eigenvalue weighted by atomic mass is 19.1. The number of hydrogen-bond acceptors (Lipinski definition) is 0. The molecule has 1 heteroatoms. The molecule has 0 aliphatic rings. The monoisotopic (exact) mass is 208 g/mol. The zero-order valence-electron chi connectivity index (χ0n) is 10.0. The molecule has 0 aliphatic heterocycles. The van der Waals surface area contributed by atoms with E-state index in [0.29, 0.717) is 5.92 Å². The van der Waals surface area contributed by atoms with Crippen LogP contribution in [0.5, 0.6) is 0 Å². The van der Waals surface area contributed by atoms with E-state index in [4.69, 9.17) is 0 Å². The van der Waals surface area contributed by atoms with Crippen molar-refractivity contribution in [2.24, 2.45) is 5.92 Å². The molecule has 1 unspecified atom stereocenters. The fourth-order valence-electron chi connectivity index (χ4n) is 1.15. The number of rotatable bonds is 6. The van der Waals surface area contributed by atoms with Gasteiger partial charge in [-0.05, 0) is 50.3 Å². The lowest BCUT2D eigenvalue weighted by atomic mass is 9.94. The van der Waals surface area contributed by atoms with Crippen LogP contribution in [0.25, 0.3) is 0 Å². The van der Waals surface area contributed by atoms with E-state index in [1.54, 1.807) is 0 Å². The van der Waals surface area contributed by atoms with Gasteiger partial charge in [-0.25, -0.2) is 4.39 Å². The summed E-state index contributed by atoms with van der Waals surface area (Å²) in [6, 6.07) is 0. The quantitative estimate of drug-likeness (QED) is 0.427. The van der Waals surface area contributed by atoms with E-state index in [1.165, 1.54) is 17.7 Å². The van der Waals surface area contributed by atoms with Crippen LogP contribution in [0.15, 0.2) is 48.4 Å². The van der Waals surface area contributed by atoms with Crippen LogP contribution in [0.1, 0.15) is 33.6 Å². The Morgan fingerprint density at radius 3 is 2.53 bits per heavy atom. The van der Waals surface area contributed by atoms with Crippen LogP contribution in [-0.2, 0) is 0 Å². The maximum atomic E-state index is 12.9. The fourth-order valence-corrected chi connectivity index (χ4v) is 1.15. The van der Waals surface area contributed by atoms with Gasteiger partial charge in [-0.1, -0.05) is 31.7 Å². The molecule has 0 N–H and O–H groups in total. The van der Waals surface area contributed by atoms with Gasteiger partial charge in [0, 0.05) is 0 Å². The van der Waals surface area contributed by atoms with Gasteiger partial charge in [0.1, 0.15) is 5.83 Å². The Balaban J connectivity index is 4.17. The third kappa shape index (κ3) is 6.05. The van der Waals surface area contributed by atoms with Gasteiger partial charge in [-0.2, -0.15) is 0 Å². The molecule has 0 saturated heterocycles. The molecule has 0 aromatic rings. The standard InChI is InChI=1S/C14H21F/c1-6-11(3)8-9-12(4)13(5)10-14(15)7-2/h6-7,10,12H,2,5,8-9H2,1,3-4H3/b11-6+,14-10+. The minimum Gasteiger partial charge on any atom is -0.207 e. The highest BCUT2D eigenvalue weighted by Gasteiger charge is 2.05. The third-order valence-electron chi connectivity index (χ3n) is 2.62. The molecule has 0 aromatic heterocycles. The van der Waals surface area contributed by atoms with Crippen molar-refractivity contribution in [2.45, 2.75) is 33.6 Å². The molecule has 0 heterocycles. The van der Waals surface area contributed by atoms with Gasteiger partial charge in [0.2, 0.25) is 0 Å². The zero-order chi connectivity index (χ0) is 11.8. The molecule has 0 rings (SSSR count). The first-order valence-electron chi connectivity index (χ1n) is 5.31. The summed E-state index contributed by atoms with van der Waals surface area (Å²) in [5, 5.41) is 0. The molecule has 0 aliphatic carbocycles. The van der Waals surface area contributed by atoms with E-state index in [-0.39, 0.29) is 5.83 Å². The van der Waals surface area contributed by atoms with Crippen molar-refractivity contribution in [1.82, 2.24) is 0 Å². The molecule has 0 nitrogen and oxygen atoms in total. The normalized spacial score (nSPS) is 14.9. The van der Waals surface area contributed by atoms with Gasteiger partial charge < -0.3 is 0 Å². The Morgan fingerprint density at radius 2 is 2.07 bits per heavy atom. The summed E-state index contributed by atoms with van der Waals surface area (Å²) in [6.45, 7) is 13.4. The minimum absolute atomic E-state index is 0.311. The molecule has 0 aromatic carbocycles. The number of allylic oxidation sites excluding steroid dienone is 6. The van der Waals surface area contributed by atoms with Crippen molar-refractivity contribution >= 4 is 0 Å². The average Bonchev–Trinajstić information content (AvgIpc) is 2.24. The molecular weight excluding hydrogens is 187 g/mol. The Kier molecular flexibility index (Phi) is 6.68. The van der Waals surface area contributed by atoms with Crippen LogP contribution < -0.4 is 0 Å². The summed E-state index contributed by atoms with van der Waals surface area (Å²) >= 11 is 0. The van der Waals surface area contributed by atoms with Crippen molar-refractivity contribution in [2.75, 3.05) is 0 Å². The van der Waals surface area contributed by atoms with E-state index in [1.807, 2.05) is 6.92 Å². The van der Waals surface area contributed by atoms with Crippen LogP contribution in [-0.4, -0.2) is 0 Å². The lowest BCUT2D eigenvalue weighted by Crippen LogP contribution is -1.97. The second kappa shape index (κ2) is 7.22. The third-order valence-corrected chi connectivity index (χ3v) is 2.62. The van der Waals surface area contributed by atoms with E-state index in [2.05, 4.69) is 33.1 Å². The SMILES string of the molecule is C=C/C(F)=C\C(=C)C(C)CC/C(C)=C/C. The first-order valence-corrected chi connectivity index (χ1v) is 5.31. The van der Waals surface area contributed by atoms with Crippen molar-refractivity contribution in [3.8, 4) is 0 Å². The topological polar surface area (TPSA) is 0 Å². The molecule has 0 fully saturated rings. The zero-order valence-corrected chi connectivity index (χ0v) is 10.0. The predicted molar refractivity (Wildman–Crippen MR) is 66.4 cm³/mol. The summed E-state index contributed by atoms with van der Waals surface area (Å²) in [5.74, 6) is 0.000190. The molecule has 1 atom stereocenters. The van der Waals surface area contributed by atoms with Gasteiger partial charge >= 0.3 is 0 Å². The number of hydrogen-bond donors (Lipinski definition) is 0. The van der Waals surface area contributed by atoms with Crippen molar-refractivity contribution in [3.05, 3.63) is 48.4 Å². The van der Waals surface area contributed by atoms with Crippen LogP contribution in [0, 0.1) is 5.92 Å². The molecule has 0 radical (unpaired) electrons. The minimum atomic E-state index is -0.311. The molecule has 0 spiro atoms. The molecule has 15 heavy (non-hydrogen) atoms. The van der Waals surface area contributed by atoms with Crippen LogP contribution in [0.4, 0.5) is 4.39 Å². The largest absolute Gasteiger partial charge is 0.207 e. The van der Waals surface area contributed by atoms with E-state index in [0.717, 1.165) is 18.4 Å². The average molecular weight is 208 g/mol. The number of halogens is 1. The van der Waals surface area contributed by atoms with E-state index >= 15 is 0 Å². The molecular formula is C14H21F. The summed E-state index contributed by atoms with van der Waals surface area (Å²) in [7, 11) is 0.